The third kappa shape index (κ3) is 6.40. The molecule has 0 aromatic heterocycles. The van der Waals surface area contributed by atoms with Crippen LogP contribution >= 0.6 is 0 Å². The fourth-order valence-electron chi connectivity index (χ4n) is 2.59. The van der Waals surface area contributed by atoms with Gasteiger partial charge in [-0.25, -0.2) is 0 Å². The molecule has 27 heavy (non-hydrogen) atoms. The molecule has 144 valence electrons. The number of esters is 1. The Hall–Kier alpha value is -2.89. The number of rotatable bonds is 8. The van der Waals surface area contributed by atoms with Gasteiger partial charge in [0, 0.05) is 6.54 Å². The number of nitrogens with one attached hydrogen (secondary N) is 2. The van der Waals surface area contributed by atoms with Crippen molar-refractivity contribution < 1.29 is 19.1 Å². The molecule has 0 saturated heterocycles. The van der Waals surface area contributed by atoms with Crippen molar-refractivity contribution >= 4 is 28.6 Å². The van der Waals surface area contributed by atoms with Crippen LogP contribution in [-0.2, 0) is 25.5 Å². The number of ether oxygens (including phenoxy) is 1. The van der Waals surface area contributed by atoms with Crippen molar-refractivity contribution in [1.29, 1.82) is 0 Å². The molecule has 0 aliphatic rings. The van der Waals surface area contributed by atoms with Gasteiger partial charge in [-0.05, 0) is 29.2 Å². The zero-order valence-electron chi connectivity index (χ0n) is 16.0. The van der Waals surface area contributed by atoms with E-state index in [1.165, 1.54) is 6.92 Å². The number of fused-ring (bicyclic) bond motifs is 1. The Morgan fingerprint density at radius 1 is 0.963 bits per heavy atom. The minimum atomic E-state index is -0.897. The summed E-state index contributed by atoms with van der Waals surface area (Å²) in [5.74, 6) is -0.960. The van der Waals surface area contributed by atoms with Crippen molar-refractivity contribution in [3.05, 3.63) is 48.0 Å². The van der Waals surface area contributed by atoms with E-state index in [1.807, 2.05) is 56.3 Å². The molecule has 2 aromatic carbocycles. The van der Waals surface area contributed by atoms with Crippen LogP contribution in [0.3, 0.4) is 0 Å². The van der Waals surface area contributed by atoms with Gasteiger partial charge >= 0.3 is 5.97 Å². The molecule has 0 spiro atoms. The van der Waals surface area contributed by atoms with Crippen LogP contribution in [-0.4, -0.2) is 37.0 Å². The van der Waals surface area contributed by atoms with E-state index in [4.69, 9.17) is 4.74 Å². The SMILES string of the molecule is CC(C)CNC(=O)[C@H](C)OC(=O)CNC(=O)Cc1cccc2ccccc12. The number of carbonyl (C=O) groups excluding carboxylic acids is 3. The Balaban J connectivity index is 1.81. The summed E-state index contributed by atoms with van der Waals surface area (Å²) >= 11 is 0. The summed E-state index contributed by atoms with van der Waals surface area (Å²) in [6.45, 7) is 5.70. The van der Waals surface area contributed by atoms with Crippen molar-refractivity contribution in [3.8, 4) is 0 Å². The highest BCUT2D eigenvalue weighted by Crippen LogP contribution is 2.18. The van der Waals surface area contributed by atoms with E-state index in [0.717, 1.165) is 16.3 Å². The van der Waals surface area contributed by atoms with Crippen LogP contribution in [0.2, 0.25) is 0 Å². The predicted octanol–water partition coefficient (Wildman–Crippen LogP) is 2.20. The Morgan fingerprint density at radius 2 is 1.67 bits per heavy atom. The van der Waals surface area contributed by atoms with Gasteiger partial charge in [-0.15, -0.1) is 0 Å². The van der Waals surface area contributed by atoms with Crippen molar-refractivity contribution in [3.63, 3.8) is 0 Å². The van der Waals surface area contributed by atoms with E-state index in [9.17, 15) is 14.4 Å². The second-order valence-corrected chi connectivity index (χ2v) is 6.86. The smallest absolute Gasteiger partial charge is 0.326 e. The number of amides is 2. The Bertz CT molecular complexity index is 811. The van der Waals surface area contributed by atoms with E-state index < -0.39 is 12.1 Å². The summed E-state index contributed by atoms with van der Waals surface area (Å²) in [7, 11) is 0. The average Bonchev–Trinajstić information content (AvgIpc) is 2.64. The van der Waals surface area contributed by atoms with Crippen LogP contribution < -0.4 is 10.6 Å². The zero-order chi connectivity index (χ0) is 19.8. The maximum atomic E-state index is 12.2. The first-order chi connectivity index (χ1) is 12.9. The fraction of sp³-hybridized carbons (Fsp3) is 0.381. The van der Waals surface area contributed by atoms with Gasteiger partial charge in [0.05, 0.1) is 6.42 Å². The van der Waals surface area contributed by atoms with Crippen molar-refractivity contribution in [2.45, 2.75) is 33.3 Å². The molecule has 0 aliphatic heterocycles. The maximum Gasteiger partial charge on any atom is 0.326 e. The number of carbonyl (C=O) groups is 3. The van der Waals surface area contributed by atoms with E-state index in [-0.39, 0.29) is 24.8 Å². The van der Waals surface area contributed by atoms with Crippen LogP contribution in [0.1, 0.15) is 26.3 Å². The Kier molecular flexibility index (Phi) is 7.34. The van der Waals surface area contributed by atoms with E-state index >= 15 is 0 Å². The number of benzene rings is 2. The molecule has 0 aliphatic carbocycles. The molecule has 2 aromatic rings. The van der Waals surface area contributed by atoms with Crippen LogP contribution in [0.25, 0.3) is 10.8 Å². The largest absolute Gasteiger partial charge is 0.451 e. The van der Waals surface area contributed by atoms with E-state index in [0.29, 0.717) is 12.5 Å². The lowest BCUT2D eigenvalue weighted by molar-refractivity contribution is -0.154. The van der Waals surface area contributed by atoms with Crippen LogP contribution in [0.15, 0.2) is 42.5 Å². The Morgan fingerprint density at radius 3 is 2.41 bits per heavy atom. The summed E-state index contributed by atoms with van der Waals surface area (Å²) in [5.41, 5.74) is 0.889. The third-order valence-corrected chi connectivity index (χ3v) is 4.02. The molecule has 0 heterocycles. The molecular weight excluding hydrogens is 344 g/mol. The summed E-state index contributed by atoms with van der Waals surface area (Å²) in [6.07, 6.45) is -0.731. The normalized spacial score (nSPS) is 11.9. The molecule has 0 saturated carbocycles. The predicted molar refractivity (Wildman–Crippen MR) is 104 cm³/mol. The molecule has 0 radical (unpaired) electrons. The van der Waals surface area contributed by atoms with Gasteiger partial charge < -0.3 is 15.4 Å². The molecule has 0 bridgehead atoms. The van der Waals surface area contributed by atoms with Gasteiger partial charge in [-0.2, -0.15) is 0 Å². The minimum absolute atomic E-state index is 0.166. The quantitative estimate of drug-likeness (QED) is 0.698. The molecule has 0 fully saturated rings. The topological polar surface area (TPSA) is 84.5 Å². The first kappa shape index (κ1) is 20.4. The van der Waals surface area contributed by atoms with Gasteiger partial charge in [-0.3, -0.25) is 14.4 Å². The molecule has 0 unspecified atom stereocenters. The van der Waals surface area contributed by atoms with Gasteiger partial charge in [0.1, 0.15) is 6.54 Å². The highest BCUT2D eigenvalue weighted by atomic mass is 16.5. The highest BCUT2D eigenvalue weighted by molar-refractivity contribution is 5.91. The lowest BCUT2D eigenvalue weighted by atomic mass is 10.0. The van der Waals surface area contributed by atoms with Crippen molar-refractivity contribution in [2.75, 3.05) is 13.1 Å². The maximum absolute atomic E-state index is 12.2. The summed E-state index contributed by atoms with van der Waals surface area (Å²) in [6, 6.07) is 13.6. The van der Waals surface area contributed by atoms with Gasteiger partial charge in [0.15, 0.2) is 6.10 Å². The summed E-state index contributed by atoms with van der Waals surface area (Å²) < 4.78 is 5.05. The summed E-state index contributed by atoms with van der Waals surface area (Å²) in [4.78, 5) is 35.8. The first-order valence-electron chi connectivity index (χ1n) is 9.07. The van der Waals surface area contributed by atoms with Gasteiger partial charge in [0.25, 0.3) is 5.91 Å². The summed E-state index contributed by atoms with van der Waals surface area (Å²) in [5, 5.41) is 7.31. The van der Waals surface area contributed by atoms with E-state index in [2.05, 4.69) is 10.6 Å². The van der Waals surface area contributed by atoms with Gasteiger partial charge in [-0.1, -0.05) is 56.3 Å². The van der Waals surface area contributed by atoms with Gasteiger partial charge in [0.2, 0.25) is 5.91 Å². The molecule has 6 nitrogen and oxygen atoms in total. The highest BCUT2D eigenvalue weighted by Gasteiger charge is 2.18. The lowest BCUT2D eigenvalue weighted by Crippen LogP contribution is -2.40. The molecule has 1 atom stereocenters. The second kappa shape index (κ2) is 9.71. The standard InChI is InChI=1S/C21H26N2O4/c1-14(2)12-23-21(26)15(3)27-20(25)13-22-19(24)11-17-9-6-8-16-7-4-5-10-18(16)17/h4-10,14-15H,11-13H2,1-3H3,(H,22,24)(H,23,26)/t15-/m0/s1. The number of hydrogen-bond donors (Lipinski definition) is 2. The second-order valence-electron chi connectivity index (χ2n) is 6.86. The molecule has 2 rings (SSSR count). The van der Waals surface area contributed by atoms with Crippen LogP contribution in [0.5, 0.6) is 0 Å². The fourth-order valence-corrected chi connectivity index (χ4v) is 2.59. The number of hydrogen-bond acceptors (Lipinski definition) is 4. The zero-order valence-corrected chi connectivity index (χ0v) is 16.0. The Labute approximate surface area is 159 Å². The minimum Gasteiger partial charge on any atom is -0.451 e. The van der Waals surface area contributed by atoms with Crippen molar-refractivity contribution in [2.24, 2.45) is 5.92 Å². The van der Waals surface area contributed by atoms with Crippen LogP contribution in [0, 0.1) is 5.92 Å². The van der Waals surface area contributed by atoms with Crippen LogP contribution in [0.4, 0.5) is 0 Å². The van der Waals surface area contributed by atoms with E-state index in [1.54, 1.807) is 0 Å². The molecule has 2 N–H and O–H groups in total. The molecular formula is C21H26N2O4. The lowest BCUT2D eigenvalue weighted by Gasteiger charge is -2.15. The molecule has 6 heteroatoms. The van der Waals surface area contributed by atoms with Crippen molar-refractivity contribution in [1.82, 2.24) is 10.6 Å². The average molecular weight is 370 g/mol. The molecule has 2 amide bonds. The third-order valence-electron chi connectivity index (χ3n) is 4.02. The monoisotopic (exact) mass is 370 g/mol. The first-order valence-corrected chi connectivity index (χ1v) is 9.07.